The van der Waals surface area contributed by atoms with Crippen LogP contribution in [0.4, 0.5) is 5.69 Å². The van der Waals surface area contributed by atoms with Gasteiger partial charge in [-0.05, 0) is 48.4 Å². The molecule has 0 saturated carbocycles. The third-order valence-electron chi connectivity index (χ3n) is 5.05. The molecule has 3 aromatic carbocycles. The van der Waals surface area contributed by atoms with Crippen LogP contribution in [0.15, 0.2) is 78.3 Å². The van der Waals surface area contributed by atoms with Gasteiger partial charge in [-0.3, -0.25) is 9.59 Å². The smallest absolute Gasteiger partial charge is 0.262 e. The van der Waals surface area contributed by atoms with Gasteiger partial charge in [0.05, 0.1) is 27.3 Å². The number of anilines is 1. The van der Waals surface area contributed by atoms with Crippen LogP contribution in [-0.2, 0) is 11.3 Å². The second kappa shape index (κ2) is 10.6. The lowest BCUT2D eigenvalue weighted by atomic mass is 10.1. The van der Waals surface area contributed by atoms with E-state index >= 15 is 0 Å². The molecular weight excluding hydrogens is 450 g/mol. The summed E-state index contributed by atoms with van der Waals surface area (Å²) in [6.07, 6.45) is 0. The number of hydrogen-bond acceptors (Lipinski definition) is 6. The first-order valence-electron chi connectivity index (χ1n) is 10.6. The van der Waals surface area contributed by atoms with Crippen LogP contribution in [0, 0.1) is 6.92 Å². The van der Waals surface area contributed by atoms with Crippen LogP contribution in [0.1, 0.15) is 21.6 Å². The Hall–Kier alpha value is -4.17. The molecule has 34 heavy (non-hydrogen) atoms. The number of thiazole rings is 1. The molecule has 0 radical (unpaired) electrons. The molecule has 8 heteroatoms. The number of phenols is 1. The van der Waals surface area contributed by atoms with Gasteiger partial charge >= 0.3 is 0 Å². The molecule has 4 aromatic rings. The number of hydrogen-bond donors (Lipinski definition) is 3. The third-order valence-corrected chi connectivity index (χ3v) is 6.03. The van der Waals surface area contributed by atoms with Crippen molar-refractivity contribution in [3.8, 4) is 21.9 Å². The first-order chi connectivity index (χ1) is 16.5. The molecule has 1 aromatic heterocycles. The molecule has 172 valence electrons. The number of aromatic hydroxyl groups is 1. The Kier molecular flexibility index (Phi) is 7.19. The number of para-hydroxylation sites is 1. The summed E-state index contributed by atoms with van der Waals surface area (Å²) < 4.78 is 5.45. The molecule has 0 bridgehead atoms. The molecule has 0 aliphatic heterocycles. The molecular formula is C26H23N3O4S. The number of aryl methyl sites for hydroxylation is 1. The number of aromatic nitrogens is 1. The van der Waals surface area contributed by atoms with Gasteiger partial charge in [-0.15, -0.1) is 11.3 Å². The summed E-state index contributed by atoms with van der Waals surface area (Å²) in [5.74, 6) is -0.346. The Bertz CT molecular complexity index is 1290. The Morgan fingerprint density at radius 1 is 1.03 bits per heavy atom. The van der Waals surface area contributed by atoms with Gasteiger partial charge in [0.2, 0.25) is 0 Å². The van der Waals surface area contributed by atoms with Gasteiger partial charge in [-0.1, -0.05) is 42.5 Å². The van der Waals surface area contributed by atoms with E-state index in [1.807, 2.05) is 54.9 Å². The number of phenolic OH excluding ortho intramolecular Hbond substituents is 1. The number of carbonyl (C=O) groups excluding carboxylic acids is 2. The van der Waals surface area contributed by atoms with E-state index in [1.165, 1.54) is 18.2 Å². The lowest BCUT2D eigenvalue weighted by molar-refractivity contribution is -0.118. The van der Waals surface area contributed by atoms with Gasteiger partial charge in [0, 0.05) is 6.54 Å². The molecule has 0 unspecified atom stereocenters. The summed E-state index contributed by atoms with van der Waals surface area (Å²) in [5.41, 5.74) is 5.24. The van der Waals surface area contributed by atoms with E-state index in [1.54, 1.807) is 23.5 Å². The monoisotopic (exact) mass is 473 g/mol. The van der Waals surface area contributed by atoms with E-state index in [0.717, 1.165) is 21.7 Å². The molecule has 0 fully saturated rings. The molecule has 3 N–H and O–H groups in total. The van der Waals surface area contributed by atoms with Gasteiger partial charge < -0.3 is 20.5 Å². The fourth-order valence-electron chi connectivity index (χ4n) is 3.31. The maximum atomic E-state index is 12.8. The average molecular weight is 474 g/mol. The molecule has 4 rings (SSSR count). The fraction of sp³-hybridized carbons (Fsp3) is 0.115. The van der Waals surface area contributed by atoms with Crippen LogP contribution < -0.4 is 15.4 Å². The van der Waals surface area contributed by atoms with Gasteiger partial charge in [-0.25, -0.2) is 4.98 Å². The first-order valence-corrected chi connectivity index (χ1v) is 11.5. The van der Waals surface area contributed by atoms with Crippen LogP contribution in [0.25, 0.3) is 10.4 Å². The second-order valence-electron chi connectivity index (χ2n) is 7.53. The van der Waals surface area contributed by atoms with Crippen molar-refractivity contribution in [1.82, 2.24) is 10.3 Å². The minimum absolute atomic E-state index is 0.0760. The van der Waals surface area contributed by atoms with Gasteiger partial charge in [-0.2, -0.15) is 0 Å². The highest BCUT2D eigenvalue weighted by Gasteiger charge is 2.15. The van der Waals surface area contributed by atoms with E-state index in [-0.39, 0.29) is 23.6 Å². The van der Waals surface area contributed by atoms with Crippen molar-refractivity contribution in [3.05, 3.63) is 95.1 Å². The van der Waals surface area contributed by atoms with E-state index < -0.39 is 11.8 Å². The number of carbonyl (C=O) groups is 2. The van der Waals surface area contributed by atoms with E-state index in [0.29, 0.717) is 12.3 Å². The lowest BCUT2D eigenvalue weighted by Gasteiger charge is -2.13. The van der Waals surface area contributed by atoms with Crippen molar-refractivity contribution in [2.45, 2.75) is 13.5 Å². The van der Waals surface area contributed by atoms with Gasteiger partial charge in [0.25, 0.3) is 11.8 Å². The molecule has 0 spiro atoms. The zero-order chi connectivity index (χ0) is 23.9. The van der Waals surface area contributed by atoms with Crippen LogP contribution in [0.5, 0.6) is 11.5 Å². The fourth-order valence-corrected chi connectivity index (χ4v) is 4.12. The highest BCUT2D eigenvalue weighted by Crippen LogP contribution is 2.27. The Morgan fingerprint density at radius 2 is 1.79 bits per heavy atom. The van der Waals surface area contributed by atoms with E-state index in [4.69, 9.17) is 4.74 Å². The highest BCUT2D eigenvalue weighted by atomic mass is 32.1. The van der Waals surface area contributed by atoms with Crippen molar-refractivity contribution in [2.24, 2.45) is 0 Å². The van der Waals surface area contributed by atoms with Crippen molar-refractivity contribution < 1.29 is 19.4 Å². The summed E-state index contributed by atoms with van der Waals surface area (Å²) in [7, 11) is 0. The maximum absolute atomic E-state index is 12.8. The number of nitrogens with zero attached hydrogens (tertiary/aromatic N) is 1. The zero-order valence-electron chi connectivity index (χ0n) is 18.4. The first kappa shape index (κ1) is 23.0. The van der Waals surface area contributed by atoms with E-state index in [2.05, 4.69) is 15.6 Å². The molecule has 0 aliphatic rings. The Morgan fingerprint density at radius 3 is 2.50 bits per heavy atom. The Balaban J connectivity index is 1.38. The lowest BCUT2D eigenvalue weighted by Crippen LogP contribution is -2.26. The number of benzene rings is 3. The summed E-state index contributed by atoms with van der Waals surface area (Å²) >= 11 is 1.59. The van der Waals surface area contributed by atoms with E-state index in [9.17, 15) is 14.7 Å². The molecule has 1 heterocycles. The molecule has 0 saturated heterocycles. The number of amides is 2. The summed E-state index contributed by atoms with van der Waals surface area (Å²) in [5, 5.41) is 15.4. The van der Waals surface area contributed by atoms with Crippen molar-refractivity contribution in [1.29, 1.82) is 0 Å². The van der Waals surface area contributed by atoms with Crippen LogP contribution >= 0.6 is 11.3 Å². The quantitative estimate of drug-likeness (QED) is 0.320. The predicted octanol–water partition coefficient (Wildman–Crippen LogP) is 4.77. The zero-order valence-corrected chi connectivity index (χ0v) is 19.3. The van der Waals surface area contributed by atoms with Gasteiger partial charge in [0.1, 0.15) is 11.5 Å². The second-order valence-corrected chi connectivity index (χ2v) is 8.38. The normalized spacial score (nSPS) is 10.5. The average Bonchev–Trinajstić information content (AvgIpc) is 3.29. The van der Waals surface area contributed by atoms with Gasteiger partial charge in [0.15, 0.2) is 6.61 Å². The molecule has 7 nitrogen and oxygen atoms in total. The van der Waals surface area contributed by atoms with Crippen molar-refractivity contribution in [3.63, 3.8) is 0 Å². The SMILES string of the molecule is Cc1ncsc1-c1ccc(CNC(=O)c2cc(O)ccc2NC(=O)COc2ccccc2)cc1. The third kappa shape index (κ3) is 5.79. The van der Waals surface area contributed by atoms with Crippen LogP contribution in [-0.4, -0.2) is 28.5 Å². The number of nitrogens with one attached hydrogen (secondary N) is 2. The molecule has 0 atom stereocenters. The largest absolute Gasteiger partial charge is 0.508 e. The van der Waals surface area contributed by atoms with Crippen LogP contribution in [0.3, 0.4) is 0 Å². The number of ether oxygens (including phenoxy) is 1. The minimum Gasteiger partial charge on any atom is -0.508 e. The summed E-state index contributed by atoms with van der Waals surface area (Å²) in [6, 6.07) is 21.1. The summed E-state index contributed by atoms with van der Waals surface area (Å²) in [6.45, 7) is 2.05. The standard InChI is InChI=1S/C26H23N3O4S/c1-17-25(34-16-28-17)19-9-7-18(8-10-19)14-27-26(32)22-13-20(30)11-12-23(22)29-24(31)15-33-21-5-3-2-4-6-21/h2-13,16,30H,14-15H2,1H3,(H,27,32)(H,29,31). The summed E-state index contributed by atoms with van der Waals surface area (Å²) in [4.78, 5) is 30.6. The number of rotatable bonds is 8. The molecule has 0 aliphatic carbocycles. The molecule has 2 amide bonds. The topological polar surface area (TPSA) is 101 Å². The van der Waals surface area contributed by atoms with Crippen molar-refractivity contribution in [2.75, 3.05) is 11.9 Å². The van der Waals surface area contributed by atoms with Crippen molar-refractivity contribution >= 4 is 28.8 Å². The van der Waals surface area contributed by atoms with Crippen LogP contribution in [0.2, 0.25) is 0 Å². The Labute approximate surface area is 201 Å². The highest BCUT2D eigenvalue weighted by molar-refractivity contribution is 7.13. The predicted molar refractivity (Wildman–Crippen MR) is 132 cm³/mol. The maximum Gasteiger partial charge on any atom is 0.262 e. The minimum atomic E-state index is -0.419.